The maximum atomic E-state index is 13.6. The molecular weight excluding hydrogens is 438 g/mol. The Morgan fingerprint density at radius 1 is 1.06 bits per heavy atom. The molecule has 2 aromatic carbocycles. The monoisotopic (exact) mass is 463 g/mol. The number of hydrogen-bond acceptors (Lipinski definition) is 6. The summed E-state index contributed by atoms with van der Waals surface area (Å²) in [4.78, 5) is 31.3. The lowest BCUT2D eigenvalue weighted by Crippen LogP contribution is -2.23. The maximum absolute atomic E-state index is 13.6. The standard InChI is InChI=1S/C25H25N3O4S/c1-15-12-19(16(2)27(15)3)22(29)14-33-25-26-20-9-7-6-8-18(20)24(30)28(25)21-13-17(31-4)10-11-23(21)32-5/h6-13H,14H2,1-5H3. The van der Waals surface area contributed by atoms with E-state index in [9.17, 15) is 9.59 Å². The van der Waals surface area contributed by atoms with Gasteiger partial charge in [-0.3, -0.25) is 14.2 Å². The summed E-state index contributed by atoms with van der Waals surface area (Å²) in [5.41, 5.74) is 3.44. The Balaban J connectivity index is 1.84. The Morgan fingerprint density at radius 3 is 2.48 bits per heavy atom. The van der Waals surface area contributed by atoms with Crippen LogP contribution in [0.2, 0.25) is 0 Å². The van der Waals surface area contributed by atoms with E-state index in [0.29, 0.717) is 38.8 Å². The van der Waals surface area contributed by atoms with Crippen LogP contribution in [0, 0.1) is 13.8 Å². The van der Waals surface area contributed by atoms with Crippen molar-refractivity contribution in [1.29, 1.82) is 0 Å². The number of para-hydroxylation sites is 1. The van der Waals surface area contributed by atoms with Crippen molar-refractivity contribution in [1.82, 2.24) is 14.1 Å². The Kier molecular flexibility index (Phi) is 6.29. The van der Waals surface area contributed by atoms with Crippen LogP contribution < -0.4 is 15.0 Å². The molecule has 7 nitrogen and oxygen atoms in total. The van der Waals surface area contributed by atoms with Gasteiger partial charge in [0.1, 0.15) is 11.5 Å². The lowest BCUT2D eigenvalue weighted by molar-refractivity contribution is 0.102. The second kappa shape index (κ2) is 9.15. The van der Waals surface area contributed by atoms with E-state index < -0.39 is 0 Å². The number of aryl methyl sites for hydroxylation is 1. The molecule has 0 amide bonds. The molecule has 170 valence electrons. The van der Waals surface area contributed by atoms with E-state index in [2.05, 4.69) is 0 Å². The van der Waals surface area contributed by atoms with Gasteiger partial charge in [-0.25, -0.2) is 4.98 Å². The van der Waals surface area contributed by atoms with Crippen LogP contribution >= 0.6 is 11.8 Å². The Labute approximate surface area is 196 Å². The quantitative estimate of drug-likeness (QED) is 0.231. The molecule has 2 heterocycles. The third-order valence-corrected chi connectivity index (χ3v) is 6.72. The molecule has 0 unspecified atom stereocenters. The molecule has 0 aliphatic carbocycles. The lowest BCUT2D eigenvalue weighted by atomic mass is 10.2. The van der Waals surface area contributed by atoms with Crippen molar-refractivity contribution >= 4 is 28.4 Å². The average Bonchev–Trinajstić information content (AvgIpc) is 3.09. The molecule has 0 spiro atoms. The van der Waals surface area contributed by atoms with E-state index in [1.165, 1.54) is 16.3 Å². The Hall–Kier alpha value is -3.52. The van der Waals surface area contributed by atoms with E-state index in [4.69, 9.17) is 14.5 Å². The first-order valence-electron chi connectivity index (χ1n) is 10.4. The first kappa shape index (κ1) is 22.7. The molecule has 33 heavy (non-hydrogen) atoms. The summed E-state index contributed by atoms with van der Waals surface area (Å²) in [7, 11) is 5.04. The molecule has 0 saturated heterocycles. The van der Waals surface area contributed by atoms with Crippen LogP contribution in [0.15, 0.2) is 58.5 Å². The number of carbonyl (C=O) groups excluding carboxylic acids is 1. The number of benzene rings is 2. The van der Waals surface area contributed by atoms with Gasteiger partial charge in [0.05, 0.1) is 36.6 Å². The van der Waals surface area contributed by atoms with Gasteiger partial charge in [-0.1, -0.05) is 23.9 Å². The number of hydrogen-bond donors (Lipinski definition) is 0. The number of fused-ring (bicyclic) bond motifs is 1. The van der Waals surface area contributed by atoms with Gasteiger partial charge in [-0.2, -0.15) is 0 Å². The van der Waals surface area contributed by atoms with E-state index >= 15 is 0 Å². The van der Waals surface area contributed by atoms with Crippen molar-refractivity contribution in [2.24, 2.45) is 7.05 Å². The second-order valence-corrected chi connectivity index (χ2v) is 8.59. The summed E-state index contributed by atoms with van der Waals surface area (Å²) in [6, 6.07) is 14.3. The number of aromatic nitrogens is 3. The van der Waals surface area contributed by atoms with Crippen molar-refractivity contribution in [3.8, 4) is 17.2 Å². The van der Waals surface area contributed by atoms with Gasteiger partial charge in [0, 0.05) is 30.1 Å². The van der Waals surface area contributed by atoms with Crippen LogP contribution in [0.3, 0.4) is 0 Å². The molecule has 4 rings (SSSR count). The molecule has 4 aromatic rings. The van der Waals surface area contributed by atoms with Crippen LogP contribution in [0.1, 0.15) is 21.7 Å². The maximum Gasteiger partial charge on any atom is 0.266 e. The molecule has 0 radical (unpaired) electrons. The Morgan fingerprint density at radius 2 is 1.82 bits per heavy atom. The van der Waals surface area contributed by atoms with E-state index in [1.807, 2.05) is 37.6 Å². The minimum atomic E-state index is -0.242. The first-order valence-corrected chi connectivity index (χ1v) is 11.4. The third kappa shape index (κ3) is 4.14. The van der Waals surface area contributed by atoms with Crippen molar-refractivity contribution in [2.75, 3.05) is 20.0 Å². The largest absolute Gasteiger partial charge is 0.497 e. The summed E-state index contributed by atoms with van der Waals surface area (Å²) in [6.45, 7) is 3.89. The molecule has 2 aromatic heterocycles. The zero-order valence-corrected chi connectivity index (χ0v) is 20.0. The molecule has 0 N–H and O–H groups in total. The predicted molar refractivity (Wildman–Crippen MR) is 130 cm³/mol. The van der Waals surface area contributed by atoms with Gasteiger partial charge in [-0.15, -0.1) is 0 Å². The normalized spacial score (nSPS) is 11.1. The molecule has 0 fully saturated rings. The fraction of sp³-hybridized carbons (Fsp3) is 0.240. The molecule has 0 bridgehead atoms. The number of carbonyl (C=O) groups is 1. The highest BCUT2D eigenvalue weighted by molar-refractivity contribution is 7.99. The van der Waals surface area contributed by atoms with Gasteiger partial charge >= 0.3 is 0 Å². The van der Waals surface area contributed by atoms with Gasteiger partial charge in [-0.05, 0) is 44.2 Å². The molecule has 0 atom stereocenters. The van der Waals surface area contributed by atoms with Crippen molar-refractivity contribution in [3.05, 3.63) is 75.8 Å². The number of rotatable bonds is 7. The highest BCUT2D eigenvalue weighted by Crippen LogP contribution is 2.31. The van der Waals surface area contributed by atoms with Gasteiger partial charge in [0.2, 0.25) is 0 Å². The zero-order chi connectivity index (χ0) is 23.7. The summed E-state index contributed by atoms with van der Waals surface area (Å²) < 4.78 is 14.4. The first-order chi connectivity index (χ1) is 15.8. The van der Waals surface area contributed by atoms with E-state index in [-0.39, 0.29) is 17.1 Å². The Bertz CT molecular complexity index is 1420. The van der Waals surface area contributed by atoms with Crippen LogP contribution in [0.5, 0.6) is 11.5 Å². The van der Waals surface area contributed by atoms with Crippen molar-refractivity contribution in [3.63, 3.8) is 0 Å². The fourth-order valence-corrected chi connectivity index (χ4v) is 4.63. The average molecular weight is 464 g/mol. The van der Waals surface area contributed by atoms with E-state index in [1.54, 1.807) is 50.6 Å². The summed E-state index contributed by atoms with van der Waals surface area (Å²) in [5, 5.41) is 0.886. The minimum absolute atomic E-state index is 0.0206. The molecule has 8 heteroatoms. The van der Waals surface area contributed by atoms with Gasteiger partial charge in [0.15, 0.2) is 10.9 Å². The van der Waals surface area contributed by atoms with Crippen LogP contribution in [0.4, 0.5) is 0 Å². The van der Waals surface area contributed by atoms with Crippen LogP contribution in [0.25, 0.3) is 16.6 Å². The number of Topliss-reactive ketones (excluding diaryl/α,β-unsaturated/α-hetero) is 1. The number of thioether (sulfide) groups is 1. The minimum Gasteiger partial charge on any atom is -0.497 e. The number of ether oxygens (including phenoxy) is 2. The number of methoxy groups -OCH3 is 2. The summed E-state index contributed by atoms with van der Waals surface area (Å²) in [5.74, 6) is 1.19. The highest BCUT2D eigenvalue weighted by Gasteiger charge is 2.20. The lowest BCUT2D eigenvalue weighted by Gasteiger charge is -2.16. The molecule has 0 aliphatic heterocycles. The molecule has 0 aliphatic rings. The topological polar surface area (TPSA) is 75.3 Å². The van der Waals surface area contributed by atoms with Crippen molar-refractivity contribution < 1.29 is 14.3 Å². The third-order valence-electron chi connectivity index (χ3n) is 5.78. The summed E-state index contributed by atoms with van der Waals surface area (Å²) >= 11 is 1.23. The van der Waals surface area contributed by atoms with Crippen molar-refractivity contribution in [2.45, 2.75) is 19.0 Å². The fourth-order valence-electron chi connectivity index (χ4n) is 3.74. The molecule has 0 saturated carbocycles. The smallest absolute Gasteiger partial charge is 0.266 e. The second-order valence-electron chi connectivity index (χ2n) is 7.65. The SMILES string of the molecule is COc1ccc(OC)c(-n2c(SCC(=O)c3cc(C)n(C)c3C)nc3ccccc3c2=O)c1. The van der Waals surface area contributed by atoms with Gasteiger partial charge in [0.25, 0.3) is 5.56 Å². The highest BCUT2D eigenvalue weighted by atomic mass is 32.2. The van der Waals surface area contributed by atoms with Crippen LogP contribution in [-0.2, 0) is 7.05 Å². The summed E-state index contributed by atoms with van der Waals surface area (Å²) in [6.07, 6.45) is 0. The molecular formula is C25H25N3O4S. The van der Waals surface area contributed by atoms with E-state index in [0.717, 1.165) is 11.4 Å². The number of nitrogens with zero attached hydrogens (tertiary/aromatic N) is 3. The zero-order valence-electron chi connectivity index (χ0n) is 19.2. The van der Waals surface area contributed by atoms with Gasteiger partial charge < -0.3 is 14.0 Å². The number of ketones is 1. The predicted octanol–water partition coefficient (Wildman–Crippen LogP) is 4.33. The van der Waals surface area contributed by atoms with Crippen LogP contribution in [-0.4, -0.2) is 39.9 Å².